The van der Waals surface area contributed by atoms with Crippen molar-refractivity contribution in [1.82, 2.24) is 75.0 Å². The van der Waals surface area contributed by atoms with Crippen molar-refractivity contribution in [3.8, 4) is 32.4 Å². The Morgan fingerprint density at radius 1 is 0.560 bits per heavy atom. The summed E-state index contributed by atoms with van der Waals surface area (Å²) in [7, 11) is 0. The minimum absolute atomic E-state index is 0. The van der Waals surface area contributed by atoms with Gasteiger partial charge in [-0.25, -0.2) is 37.1 Å². The molecule has 0 bridgehead atoms. The first kappa shape index (κ1) is 80.7. The Kier molecular flexibility index (Phi) is 32.0. The standard InChI is InChI=1S/C20H21F2N5O3S.C13H16N4O2S.C11H21NO3.C7H6F3NO.C7H5N3O2S.C6H13NO.ClH/c1-13-2-3-15(30-18-10-14(4-6-23-18)29-12-17(21)22)11-26(13)19(28)16-5-9-31-20(16)27-24-7-8-25-27;1-9-2-3-10(18)8-16(9)12(19)11-4-7-20-13(11)17-14-5-6-15-17;1-8-5-6-9(13)7-12(8)10(14)15-11(2,3)4;8-6(9)4-12-5-1-2-11-7(10)3-5;11-7(12)5-1-4-13-6(5)10-8-2-3-9-10;1-5-2-3-6(8)4-7-5;/h4-10,13,15,17H,2-3,11-12H2,1H3;4-7,9-10,18H,2-3,8H2,1H3;8-9,13H,5-7H2,1-4H3;1-3,6H,4H2;1-4H,(H,11,12);5-8H,2-4H2,1H3;1H/t13-,15-;9-,10-;8-,9-;;;5-,6-;/m111..1./s1. The number of pyridine rings is 2. The van der Waals surface area contributed by atoms with Crippen LogP contribution in [0.4, 0.5) is 26.7 Å². The second-order valence-electron chi connectivity index (χ2n) is 24.1. The van der Waals surface area contributed by atoms with Crippen LogP contribution in [0.2, 0.25) is 0 Å². The highest BCUT2D eigenvalue weighted by molar-refractivity contribution is 7.13. The number of carbonyl (C=O) groups is 4. The van der Waals surface area contributed by atoms with Crippen LogP contribution in [0, 0.1) is 5.95 Å². The third-order valence-electron chi connectivity index (χ3n) is 15.2. The second-order valence-corrected chi connectivity index (χ2v) is 26.8. The number of rotatable bonds is 14. The zero-order chi connectivity index (χ0) is 71.8. The fraction of sp³-hybridized carbons (Fsp3) is 0.500. The number of aromatic nitrogens is 11. The molecule has 4 aliphatic rings. The molecule has 8 aromatic heterocycles. The van der Waals surface area contributed by atoms with E-state index < -0.39 is 55.8 Å². The molecule has 0 aliphatic carbocycles. The molecule has 0 saturated carbocycles. The number of alkyl halides is 4. The van der Waals surface area contributed by atoms with Crippen molar-refractivity contribution in [1.29, 1.82) is 0 Å². The van der Waals surface area contributed by atoms with E-state index in [0.717, 1.165) is 70.2 Å². The van der Waals surface area contributed by atoms with Gasteiger partial charge in [0.25, 0.3) is 24.7 Å². The van der Waals surface area contributed by atoms with E-state index in [2.05, 4.69) is 57.5 Å². The quantitative estimate of drug-likeness (QED) is 0.0499. The van der Waals surface area contributed by atoms with E-state index in [1.165, 1.54) is 91.3 Å². The van der Waals surface area contributed by atoms with Gasteiger partial charge in [0, 0.05) is 61.8 Å². The summed E-state index contributed by atoms with van der Waals surface area (Å²) in [5.41, 5.74) is 0.877. The number of ether oxygens (including phenoxy) is 4. The SMILES string of the molecule is C[C@@H]1CC[C@@H](O)CN1.C[C@@H]1CC[C@@H](O)CN1C(=O)OC(C)(C)C.C[C@@H]1CC[C@@H](O)CN1C(=O)c1ccsc1-n1nccn1.C[C@@H]1CC[C@@H](Oc2cc(OCC(F)F)ccn2)CN1C(=O)c1ccsc1-n1nccn1.Cl.Fc1cc(OCC(F)F)ccn1.O=C(O)c1ccsc1-n1nccn1. The molecule has 0 spiro atoms. The minimum Gasteiger partial charge on any atom is -0.487 e. The smallest absolute Gasteiger partial charge is 0.410 e. The molecule has 27 nitrogen and oxygen atoms in total. The first-order valence-electron chi connectivity index (χ1n) is 31.7. The number of thiophene rings is 3. The van der Waals surface area contributed by atoms with Crippen LogP contribution < -0.4 is 19.5 Å². The largest absolute Gasteiger partial charge is 0.487 e. The Morgan fingerprint density at radius 2 is 0.980 bits per heavy atom. The van der Waals surface area contributed by atoms with Crippen molar-refractivity contribution in [2.45, 2.75) is 167 Å². The number of aliphatic hydroxyl groups is 3. The summed E-state index contributed by atoms with van der Waals surface area (Å²) < 4.78 is 81.0. The number of β-amino-alcohol motifs (C(OH)–C–C–N with tert-alkyl or cyclic N) is 3. The van der Waals surface area contributed by atoms with Gasteiger partial charge in [-0.3, -0.25) is 9.59 Å². The van der Waals surface area contributed by atoms with Crippen LogP contribution in [0.25, 0.3) is 15.0 Å². The number of piperidine rings is 4. The minimum atomic E-state index is -2.56. The molecule has 100 heavy (non-hydrogen) atoms. The van der Waals surface area contributed by atoms with Crippen molar-refractivity contribution in [3.05, 3.63) is 131 Å². The molecule has 8 aromatic rings. The number of nitrogens with one attached hydrogen (secondary N) is 1. The van der Waals surface area contributed by atoms with E-state index in [1.54, 1.807) is 57.0 Å². The van der Waals surface area contributed by atoms with Gasteiger partial charge < -0.3 is 59.4 Å². The fourth-order valence-electron chi connectivity index (χ4n) is 10.1. The van der Waals surface area contributed by atoms with Gasteiger partial charge in [0.1, 0.15) is 36.4 Å². The van der Waals surface area contributed by atoms with Gasteiger partial charge >= 0.3 is 12.1 Å². The first-order chi connectivity index (χ1) is 47.2. The monoisotopic (exact) mass is 1480 g/mol. The normalized spacial score (nSPS) is 20.4. The molecule has 5 N–H and O–H groups in total. The topological polar surface area (TPSA) is 326 Å². The van der Waals surface area contributed by atoms with E-state index in [1.807, 2.05) is 52.3 Å². The van der Waals surface area contributed by atoms with Crippen LogP contribution in [0.1, 0.15) is 131 Å². The molecule has 4 saturated heterocycles. The predicted octanol–water partition coefficient (Wildman–Crippen LogP) is 9.95. The number of aromatic carboxylic acids is 1. The summed E-state index contributed by atoms with van der Waals surface area (Å²) in [5, 5.41) is 71.6. The Balaban J connectivity index is 0.000000199. The molecule has 4 aliphatic heterocycles. The lowest BCUT2D eigenvalue weighted by molar-refractivity contribution is -0.00990. The highest BCUT2D eigenvalue weighted by atomic mass is 35.5. The van der Waals surface area contributed by atoms with Crippen molar-refractivity contribution in [2.24, 2.45) is 0 Å². The molecule has 8 atom stereocenters. The highest BCUT2D eigenvalue weighted by Gasteiger charge is 2.35. The van der Waals surface area contributed by atoms with Crippen LogP contribution in [0.3, 0.4) is 0 Å². The summed E-state index contributed by atoms with van der Waals surface area (Å²) >= 11 is 4.12. The number of nitrogens with zero attached hydrogens (tertiary/aromatic N) is 14. The molecule has 0 unspecified atom stereocenters. The van der Waals surface area contributed by atoms with Gasteiger partial charge in [-0.05, 0) is 146 Å². The molecule has 0 radical (unpaired) electrons. The van der Waals surface area contributed by atoms with Crippen LogP contribution in [-0.2, 0) is 4.74 Å². The lowest BCUT2D eigenvalue weighted by Crippen LogP contribution is -2.49. The molecule has 546 valence electrons. The zero-order valence-electron chi connectivity index (χ0n) is 55.9. The summed E-state index contributed by atoms with van der Waals surface area (Å²) in [6.07, 6.45) is 12.0. The molecule has 12 heterocycles. The average Bonchev–Trinajstić information content (AvgIpc) is 1.57. The van der Waals surface area contributed by atoms with E-state index in [4.69, 9.17) is 24.4 Å². The van der Waals surface area contributed by atoms with Crippen LogP contribution in [0.15, 0.2) is 108 Å². The Morgan fingerprint density at radius 3 is 1.42 bits per heavy atom. The third-order valence-corrected chi connectivity index (χ3v) is 17.8. The van der Waals surface area contributed by atoms with Crippen LogP contribution in [0.5, 0.6) is 17.4 Å². The third kappa shape index (κ3) is 25.4. The first-order valence-corrected chi connectivity index (χ1v) is 34.4. The molecule has 36 heteroatoms. The van der Waals surface area contributed by atoms with E-state index in [9.17, 15) is 51.3 Å². The number of hydrogen-bond donors (Lipinski definition) is 5. The molecule has 3 amide bonds. The Labute approximate surface area is 592 Å². The zero-order valence-corrected chi connectivity index (χ0v) is 59.2. The van der Waals surface area contributed by atoms with Crippen molar-refractivity contribution in [2.75, 3.05) is 39.4 Å². The summed E-state index contributed by atoms with van der Waals surface area (Å²) in [5.74, 6) is -1.30. The summed E-state index contributed by atoms with van der Waals surface area (Å²) in [6, 6.07) is 11.3. The maximum Gasteiger partial charge on any atom is 0.410 e. The summed E-state index contributed by atoms with van der Waals surface area (Å²) in [6.45, 7) is 14.2. The summed E-state index contributed by atoms with van der Waals surface area (Å²) in [4.78, 5) is 65.2. The van der Waals surface area contributed by atoms with Gasteiger partial charge in [-0.2, -0.15) is 35.0 Å². The van der Waals surface area contributed by atoms with E-state index in [-0.39, 0.29) is 83.6 Å². The Hall–Kier alpha value is -8.32. The van der Waals surface area contributed by atoms with Gasteiger partial charge in [0.05, 0.1) is 85.3 Å². The molecular weight excluding hydrogens is 1400 g/mol. The highest BCUT2D eigenvalue weighted by Crippen LogP contribution is 2.30. The molecule has 12 rings (SSSR count). The number of amides is 3. The van der Waals surface area contributed by atoms with Gasteiger partial charge in [-0.15, -0.1) is 60.8 Å². The second kappa shape index (κ2) is 39.6. The van der Waals surface area contributed by atoms with Gasteiger partial charge in [0.2, 0.25) is 11.8 Å². The number of hydrogen-bond acceptors (Lipinski definition) is 23. The average molecular weight is 1480 g/mol. The fourth-order valence-corrected chi connectivity index (χ4v) is 12.5. The van der Waals surface area contributed by atoms with E-state index in [0.29, 0.717) is 51.8 Å². The molecule has 4 fully saturated rings. The number of carboxylic acids is 1. The number of carbonyl (C=O) groups excluding carboxylic acids is 3. The van der Waals surface area contributed by atoms with Crippen molar-refractivity contribution >= 4 is 70.3 Å². The lowest BCUT2D eigenvalue weighted by Gasteiger charge is -2.37. The maximum atomic E-state index is 13.3. The predicted molar refractivity (Wildman–Crippen MR) is 364 cm³/mol. The van der Waals surface area contributed by atoms with Crippen molar-refractivity contribution in [3.63, 3.8) is 0 Å². The number of carboxylic acid groups (broad SMARTS) is 1. The number of halogens is 6. The van der Waals surface area contributed by atoms with Crippen molar-refractivity contribution < 1.29 is 80.5 Å². The maximum absolute atomic E-state index is 13.3. The van der Waals surface area contributed by atoms with E-state index >= 15 is 0 Å². The number of aliphatic hydroxyl groups excluding tert-OH is 3. The lowest BCUT2D eigenvalue weighted by atomic mass is 10.0. The van der Waals surface area contributed by atoms with Gasteiger partial charge in [-0.1, -0.05) is 0 Å². The molecular formula is C64H83ClF5N15O12S3. The number of likely N-dealkylation sites (tertiary alicyclic amines) is 3. The van der Waals surface area contributed by atoms with Crippen LogP contribution >= 0.6 is 46.4 Å². The van der Waals surface area contributed by atoms with Crippen LogP contribution in [-0.4, -0.2) is 220 Å². The van der Waals surface area contributed by atoms with Gasteiger partial charge in [0.15, 0.2) is 15.0 Å². The Bertz CT molecular complexity index is 3710. The molecule has 0 aromatic carbocycles.